The first-order chi connectivity index (χ1) is 10.2. The van der Waals surface area contributed by atoms with Gasteiger partial charge in [0.05, 0.1) is 16.9 Å². The molecule has 1 aromatic heterocycles. The molecule has 4 heteroatoms. The van der Waals surface area contributed by atoms with Crippen LogP contribution >= 0.6 is 11.6 Å². The smallest absolute Gasteiger partial charge is 0.126 e. The number of hydrogen-bond acceptors (Lipinski definition) is 1. The predicted octanol–water partition coefficient (Wildman–Crippen LogP) is 4.47. The molecule has 0 saturated carbocycles. The normalized spacial score (nSPS) is 11.2. The summed E-state index contributed by atoms with van der Waals surface area (Å²) in [5.74, 6) is 1.02. The Kier molecular flexibility index (Phi) is 3.93. The molecule has 2 nitrogen and oxygen atoms in total. The van der Waals surface area contributed by atoms with E-state index in [0.717, 1.165) is 22.4 Å². The average Bonchev–Trinajstić information content (AvgIpc) is 2.86. The minimum atomic E-state index is -0.162. The molecule has 3 aromatic rings. The van der Waals surface area contributed by atoms with Crippen molar-refractivity contribution in [2.75, 3.05) is 0 Å². The highest BCUT2D eigenvalue weighted by Crippen LogP contribution is 2.21. The number of imidazole rings is 1. The first kappa shape index (κ1) is 14.1. The van der Waals surface area contributed by atoms with Crippen molar-refractivity contribution in [3.05, 3.63) is 65.2 Å². The Labute approximate surface area is 128 Å². The second kappa shape index (κ2) is 5.86. The third-order valence-corrected chi connectivity index (χ3v) is 3.98. The van der Waals surface area contributed by atoms with Crippen molar-refractivity contribution < 1.29 is 4.39 Å². The summed E-state index contributed by atoms with van der Waals surface area (Å²) in [5.41, 5.74) is 3.87. The molecule has 1 heterocycles. The van der Waals surface area contributed by atoms with Gasteiger partial charge in [-0.2, -0.15) is 0 Å². The second-order valence-corrected chi connectivity index (χ2v) is 5.36. The lowest BCUT2D eigenvalue weighted by Crippen LogP contribution is -2.06. The number of aryl methyl sites for hydroxylation is 3. The maximum atomic E-state index is 13.7. The van der Waals surface area contributed by atoms with Crippen molar-refractivity contribution in [3.63, 3.8) is 0 Å². The fourth-order valence-corrected chi connectivity index (χ4v) is 2.82. The SMILES string of the molecule is Cc1cccc2c1nc(CCl)n2CCc1ccccc1F. The Bertz CT molecular complexity index is 780. The molecule has 0 aliphatic heterocycles. The van der Waals surface area contributed by atoms with Crippen LogP contribution in [-0.2, 0) is 18.8 Å². The zero-order chi connectivity index (χ0) is 14.8. The van der Waals surface area contributed by atoms with Crippen molar-refractivity contribution in [3.8, 4) is 0 Å². The molecule has 3 rings (SSSR count). The highest BCUT2D eigenvalue weighted by molar-refractivity contribution is 6.16. The van der Waals surface area contributed by atoms with Gasteiger partial charge in [0, 0.05) is 6.54 Å². The number of nitrogens with zero attached hydrogens (tertiary/aromatic N) is 2. The molecular formula is C17H16ClFN2. The molecule has 0 unspecified atom stereocenters. The summed E-state index contributed by atoms with van der Waals surface area (Å²) >= 11 is 6.01. The summed E-state index contributed by atoms with van der Waals surface area (Å²) in [6.45, 7) is 2.71. The van der Waals surface area contributed by atoms with Crippen LogP contribution in [0.2, 0.25) is 0 Å². The van der Waals surface area contributed by atoms with Gasteiger partial charge in [-0.05, 0) is 36.6 Å². The highest BCUT2D eigenvalue weighted by Gasteiger charge is 2.12. The summed E-state index contributed by atoms with van der Waals surface area (Å²) < 4.78 is 15.8. The van der Waals surface area contributed by atoms with Gasteiger partial charge < -0.3 is 4.57 Å². The van der Waals surface area contributed by atoms with Crippen LogP contribution in [0.1, 0.15) is 17.0 Å². The molecule has 0 aliphatic carbocycles. The molecule has 108 valence electrons. The van der Waals surface area contributed by atoms with Crippen molar-refractivity contribution in [2.24, 2.45) is 0 Å². The summed E-state index contributed by atoms with van der Waals surface area (Å²) in [4.78, 5) is 4.60. The molecule has 0 fully saturated rings. The lowest BCUT2D eigenvalue weighted by atomic mass is 10.1. The second-order valence-electron chi connectivity index (χ2n) is 5.10. The zero-order valence-electron chi connectivity index (χ0n) is 11.8. The molecule has 0 N–H and O–H groups in total. The van der Waals surface area contributed by atoms with Crippen LogP contribution in [0.3, 0.4) is 0 Å². The van der Waals surface area contributed by atoms with E-state index in [4.69, 9.17) is 11.6 Å². The van der Waals surface area contributed by atoms with Crippen molar-refractivity contribution in [1.82, 2.24) is 9.55 Å². The van der Waals surface area contributed by atoms with Gasteiger partial charge in [-0.3, -0.25) is 0 Å². The topological polar surface area (TPSA) is 17.8 Å². The molecule has 0 amide bonds. The van der Waals surface area contributed by atoms with Crippen molar-refractivity contribution >= 4 is 22.6 Å². The predicted molar refractivity (Wildman–Crippen MR) is 84.1 cm³/mol. The van der Waals surface area contributed by atoms with E-state index in [9.17, 15) is 4.39 Å². The van der Waals surface area contributed by atoms with Crippen molar-refractivity contribution in [2.45, 2.75) is 25.8 Å². The van der Waals surface area contributed by atoms with E-state index in [2.05, 4.69) is 9.55 Å². The van der Waals surface area contributed by atoms with E-state index >= 15 is 0 Å². The number of halogens is 2. The molecule has 0 aliphatic rings. The largest absolute Gasteiger partial charge is 0.327 e. The minimum Gasteiger partial charge on any atom is -0.327 e. The Morgan fingerprint density at radius 3 is 2.71 bits per heavy atom. The van der Waals surface area contributed by atoms with Gasteiger partial charge in [0.15, 0.2) is 0 Å². The van der Waals surface area contributed by atoms with Crippen LogP contribution in [0.5, 0.6) is 0 Å². The molecule has 0 atom stereocenters. The van der Waals surface area contributed by atoms with E-state index in [-0.39, 0.29) is 5.82 Å². The number of hydrogen-bond donors (Lipinski definition) is 0. The molecule has 0 spiro atoms. The monoisotopic (exact) mass is 302 g/mol. The van der Waals surface area contributed by atoms with Gasteiger partial charge in [-0.15, -0.1) is 11.6 Å². The van der Waals surface area contributed by atoms with E-state index in [1.165, 1.54) is 6.07 Å². The van der Waals surface area contributed by atoms with Crippen LogP contribution in [-0.4, -0.2) is 9.55 Å². The van der Waals surface area contributed by atoms with E-state index in [1.807, 2.05) is 37.3 Å². The summed E-state index contributed by atoms with van der Waals surface area (Å²) in [6, 6.07) is 13.0. The van der Waals surface area contributed by atoms with E-state index in [1.54, 1.807) is 6.07 Å². The lowest BCUT2D eigenvalue weighted by Gasteiger charge is -2.08. The van der Waals surface area contributed by atoms with Gasteiger partial charge in [0.1, 0.15) is 11.6 Å². The molecule has 0 saturated heterocycles. The summed E-state index contributed by atoms with van der Waals surface area (Å²) in [6.07, 6.45) is 0.621. The van der Waals surface area contributed by atoms with Crippen LogP contribution < -0.4 is 0 Å². The number of para-hydroxylation sites is 1. The van der Waals surface area contributed by atoms with Crippen molar-refractivity contribution in [1.29, 1.82) is 0 Å². The van der Waals surface area contributed by atoms with Gasteiger partial charge in [0.2, 0.25) is 0 Å². The maximum Gasteiger partial charge on any atom is 0.126 e. The van der Waals surface area contributed by atoms with Crippen LogP contribution in [0.25, 0.3) is 11.0 Å². The van der Waals surface area contributed by atoms with E-state index in [0.29, 0.717) is 24.4 Å². The maximum absolute atomic E-state index is 13.7. The first-order valence-corrected chi connectivity index (χ1v) is 7.48. The quantitative estimate of drug-likeness (QED) is 0.650. The van der Waals surface area contributed by atoms with Crippen LogP contribution in [0.15, 0.2) is 42.5 Å². The molecule has 0 bridgehead atoms. The average molecular weight is 303 g/mol. The Morgan fingerprint density at radius 2 is 1.95 bits per heavy atom. The Balaban J connectivity index is 1.97. The van der Waals surface area contributed by atoms with E-state index < -0.39 is 0 Å². The molecular weight excluding hydrogens is 287 g/mol. The molecule has 21 heavy (non-hydrogen) atoms. The number of rotatable bonds is 4. The van der Waals surface area contributed by atoms with Gasteiger partial charge in [-0.25, -0.2) is 9.37 Å². The standard InChI is InChI=1S/C17H16ClFN2/c1-12-5-4-8-15-17(12)20-16(11-18)21(15)10-9-13-6-2-3-7-14(13)19/h2-8H,9-11H2,1H3. The Morgan fingerprint density at radius 1 is 1.14 bits per heavy atom. The third kappa shape index (κ3) is 2.66. The molecule has 0 radical (unpaired) electrons. The van der Waals surface area contributed by atoms with Crippen LogP contribution in [0, 0.1) is 12.7 Å². The molecule has 2 aromatic carbocycles. The van der Waals surface area contributed by atoms with Crippen LogP contribution in [0.4, 0.5) is 4.39 Å². The summed E-state index contributed by atoms with van der Waals surface area (Å²) in [5, 5.41) is 0. The minimum absolute atomic E-state index is 0.162. The fraction of sp³-hybridized carbons (Fsp3) is 0.235. The highest BCUT2D eigenvalue weighted by atomic mass is 35.5. The Hall–Kier alpha value is -1.87. The number of alkyl halides is 1. The third-order valence-electron chi connectivity index (χ3n) is 3.74. The van der Waals surface area contributed by atoms with Gasteiger partial charge in [0.25, 0.3) is 0 Å². The first-order valence-electron chi connectivity index (χ1n) is 6.95. The summed E-state index contributed by atoms with van der Waals surface area (Å²) in [7, 11) is 0. The fourth-order valence-electron chi connectivity index (χ4n) is 2.62. The lowest BCUT2D eigenvalue weighted by molar-refractivity contribution is 0.593. The number of aromatic nitrogens is 2. The number of fused-ring (bicyclic) bond motifs is 1. The number of benzene rings is 2. The van der Waals surface area contributed by atoms with Gasteiger partial charge >= 0.3 is 0 Å². The van der Waals surface area contributed by atoms with Gasteiger partial charge in [-0.1, -0.05) is 30.3 Å². The zero-order valence-corrected chi connectivity index (χ0v) is 12.6.